The summed E-state index contributed by atoms with van der Waals surface area (Å²) in [6, 6.07) is 8.96. The fourth-order valence-corrected chi connectivity index (χ4v) is 3.22. The Kier molecular flexibility index (Phi) is 4.37. The molecule has 0 bridgehead atoms. The Balaban J connectivity index is 1.52. The molecule has 2 atom stereocenters. The third kappa shape index (κ3) is 3.80. The van der Waals surface area contributed by atoms with E-state index >= 15 is 0 Å². The highest BCUT2D eigenvalue weighted by Gasteiger charge is 2.28. The van der Waals surface area contributed by atoms with Crippen LogP contribution in [-0.4, -0.2) is 36.1 Å². The van der Waals surface area contributed by atoms with Crippen molar-refractivity contribution in [1.29, 1.82) is 0 Å². The van der Waals surface area contributed by atoms with E-state index in [0.29, 0.717) is 12.1 Å². The minimum Gasteiger partial charge on any atom is -0.310 e. The zero-order valence-corrected chi connectivity index (χ0v) is 12.3. The second-order valence-corrected chi connectivity index (χ2v) is 6.45. The van der Waals surface area contributed by atoms with Crippen LogP contribution < -0.4 is 5.32 Å². The lowest BCUT2D eigenvalue weighted by Crippen LogP contribution is -2.49. The molecule has 2 aliphatic rings. The monoisotopic (exact) mass is 276 g/mol. The predicted octanol–water partition coefficient (Wildman–Crippen LogP) is 2.97. The standard InChI is InChI=1S/C17H25FN2/c1-13(11-14-4-6-15(18)7-5-14)20-10-2-3-17(12-20)19-16-8-9-16/h4-7,13,16-17,19H,2-3,8-12H2,1H3. The van der Waals surface area contributed by atoms with Crippen LogP contribution in [0.4, 0.5) is 4.39 Å². The van der Waals surface area contributed by atoms with Gasteiger partial charge in [0.15, 0.2) is 0 Å². The van der Waals surface area contributed by atoms with E-state index in [0.717, 1.165) is 12.5 Å². The zero-order valence-electron chi connectivity index (χ0n) is 12.3. The molecule has 1 aliphatic carbocycles. The molecule has 1 N–H and O–H groups in total. The van der Waals surface area contributed by atoms with Gasteiger partial charge >= 0.3 is 0 Å². The van der Waals surface area contributed by atoms with Gasteiger partial charge in [0, 0.05) is 24.7 Å². The summed E-state index contributed by atoms with van der Waals surface area (Å²) in [6.45, 7) is 4.66. The first-order valence-corrected chi connectivity index (χ1v) is 7.95. The van der Waals surface area contributed by atoms with Crippen LogP contribution in [0.25, 0.3) is 0 Å². The highest BCUT2D eigenvalue weighted by Crippen LogP contribution is 2.23. The third-order valence-electron chi connectivity index (χ3n) is 4.57. The Hall–Kier alpha value is -0.930. The van der Waals surface area contributed by atoms with Crippen LogP contribution in [0.3, 0.4) is 0 Å². The maximum Gasteiger partial charge on any atom is 0.123 e. The minimum absolute atomic E-state index is 0.145. The van der Waals surface area contributed by atoms with Crippen LogP contribution in [-0.2, 0) is 6.42 Å². The lowest BCUT2D eigenvalue weighted by atomic mass is 10.0. The quantitative estimate of drug-likeness (QED) is 0.889. The Morgan fingerprint density at radius 2 is 1.95 bits per heavy atom. The predicted molar refractivity (Wildman–Crippen MR) is 80.3 cm³/mol. The van der Waals surface area contributed by atoms with Crippen molar-refractivity contribution in [3.8, 4) is 0 Å². The van der Waals surface area contributed by atoms with Crippen molar-refractivity contribution in [2.45, 2.75) is 57.2 Å². The van der Waals surface area contributed by atoms with E-state index < -0.39 is 0 Å². The molecule has 1 aromatic rings. The van der Waals surface area contributed by atoms with Crippen molar-refractivity contribution in [3.05, 3.63) is 35.6 Å². The molecular formula is C17H25FN2. The van der Waals surface area contributed by atoms with Crippen LogP contribution in [0.1, 0.15) is 38.2 Å². The number of hydrogen-bond donors (Lipinski definition) is 1. The molecular weight excluding hydrogens is 251 g/mol. The molecule has 1 saturated carbocycles. The average molecular weight is 276 g/mol. The van der Waals surface area contributed by atoms with Gasteiger partial charge in [0.2, 0.25) is 0 Å². The summed E-state index contributed by atoms with van der Waals surface area (Å²) in [4.78, 5) is 2.59. The van der Waals surface area contributed by atoms with Gasteiger partial charge in [0.1, 0.15) is 5.82 Å². The lowest BCUT2D eigenvalue weighted by Gasteiger charge is -2.37. The molecule has 2 nitrogen and oxygen atoms in total. The first-order valence-electron chi connectivity index (χ1n) is 7.95. The van der Waals surface area contributed by atoms with E-state index in [4.69, 9.17) is 0 Å². The number of benzene rings is 1. The molecule has 1 saturated heterocycles. The van der Waals surface area contributed by atoms with Gasteiger partial charge in [-0.05, 0) is 63.3 Å². The summed E-state index contributed by atoms with van der Waals surface area (Å²) in [7, 11) is 0. The van der Waals surface area contributed by atoms with Crippen molar-refractivity contribution >= 4 is 0 Å². The van der Waals surface area contributed by atoms with E-state index in [1.807, 2.05) is 12.1 Å². The van der Waals surface area contributed by atoms with Crippen molar-refractivity contribution in [1.82, 2.24) is 10.2 Å². The molecule has 20 heavy (non-hydrogen) atoms. The average Bonchev–Trinajstić information content (AvgIpc) is 3.25. The fourth-order valence-electron chi connectivity index (χ4n) is 3.22. The van der Waals surface area contributed by atoms with E-state index in [1.165, 1.54) is 44.3 Å². The minimum atomic E-state index is -0.145. The molecule has 0 amide bonds. The first-order chi connectivity index (χ1) is 9.70. The number of nitrogens with one attached hydrogen (secondary N) is 1. The molecule has 3 rings (SSSR count). The summed E-state index contributed by atoms with van der Waals surface area (Å²) in [6.07, 6.45) is 6.34. The Morgan fingerprint density at radius 3 is 2.65 bits per heavy atom. The van der Waals surface area contributed by atoms with E-state index in [2.05, 4.69) is 17.1 Å². The second-order valence-electron chi connectivity index (χ2n) is 6.45. The topological polar surface area (TPSA) is 15.3 Å². The maximum absolute atomic E-state index is 12.9. The maximum atomic E-state index is 12.9. The third-order valence-corrected chi connectivity index (χ3v) is 4.57. The number of nitrogens with zero attached hydrogens (tertiary/aromatic N) is 1. The van der Waals surface area contributed by atoms with Gasteiger partial charge in [-0.15, -0.1) is 0 Å². The van der Waals surface area contributed by atoms with Crippen molar-refractivity contribution in [2.75, 3.05) is 13.1 Å². The van der Waals surface area contributed by atoms with Gasteiger partial charge < -0.3 is 5.32 Å². The molecule has 1 heterocycles. The van der Waals surface area contributed by atoms with Crippen LogP contribution in [0.5, 0.6) is 0 Å². The summed E-state index contributed by atoms with van der Waals surface area (Å²) >= 11 is 0. The lowest BCUT2D eigenvalue weighted by molar-refractivity contribution is 0.144. The number of hydrogen-bond acceptors (Lipinski definition) is 2. The van der Waals surface area contributed by atoms with E-state index in [9.17, 15) is 4.39 Å². The molecule has 2 fully saturated rings. The smallest absolute Gasteiger partial charge is 0.123 e. The van der Waals surface area contributed by atoms with Gasteiger partial charge in [-0.2, -0.15) is 0 Å². The second kappa shape index (κ2) is 6.23. The Labute approximate surface area is 121 Å². The Morgan fingerprint density at radius 1 is 1.20 bits per heavy atom. The molecule has 0 spiro atoms. The highest BCUT2D eigenvalue weighted by molar-refractivity contribution is 5.17. The number of halogens is 1. The molecule has 0 aromatic heterocycles. The molecule has 0 radical (unpaired) electrons. The molecule has 1 aliphatic heterocycles. The SMILES string of the molecule is CC(Cc1ccc(F)cc1)N1CCCC(NC2CC2)C1. The van der Waals surface area contributed by atoms with Crippen LogP contribution in [0.15, 0.2) is 24.3 Å². The van der Waals surface area contributed by atoms with Gasteiger partial charge in [0.05, 0.1) is 0 Å². The largest absolute Gasteiger partial charge is 0.310 e. The van der Waals surface area contributed by atoms with Gasteiger partial charge in [-0.3, -0.25) is 4.90 Å². The number of piperidine rings is 1. The van der Waals surface area contributed by atoms with Crippen molar-refractivity contribution in [2.24, 2.45) is 0 Å². The van der Waals surface area contributed by atoms with Gasteiger partial charge in [-0.25, -0.2) is 4.39 Å². The normalized spacial score (nSPS) is 25.6. The number of likely N-dealkylation sites (tertiary alicyclic amines) is 1. The summed E-state index contributed by atoms with van der Waals surface area (Å²) in [5.41, 5.74) is 1.23. The first kappa shape index (κ1) is 14.0. The zero-order chi connectivity index (χ0) is 13.9. The summed E-state index contributed by atoms with van der Waals surface area (Å²) in [5.74, 6) is -0.145. The molecule has 3 heteroatoms. The molecule has 110 valence electrons. The molecule has 2 unspecified atom stereocenters. The van der Waals surface area contributed by atoms with E-state index in [-0.39, 0.29) is 5.82 Å². The van der Waals surface area contributed by atoms with Crippen molar-refractivity contribution in [3.63, 3.8) is 0 Å². The van der Waals surface area contributed by atoms with Crippen LogP contribution >= 0.6 is 0 Å². The van der Waals surface area contributed by atoms with Crippen LogP contribution in [0, 0.1) is 5.82 Å². The van der Waals surface area contributed by atoms with Crippen molar-refractivity contribution < 1.29 is 4.39 Å². The molecule has 1 aromatic carbocycles. The van der Waals surface area contributed by atoms with Crippen LogP contribution in [0.2, 0.25) is 0 Å². The van der Waals surface area contributed by atoms with Gasteiger partial charge in [-0.1, -0.05) is 12.1 Å². The summed E-state index contributed by atoms with van der Waals surface area (Å²) < 4.78 is 12.9. The van der Waals surface area contributed by atoms with Gasteiger partial charge in [0.25, 0.3) is 0 Å². The fraction of sp³-hybridized carbons (Fsp3) is 0.647. The van der Waals surface area contributed by atoms with E-state index in [1.54, 1.807) is 12.1 Å². The summed E-state index contributed by atoms with van der Waals surface area (Å²) in [5, 5.41) is 3.76. The number of rotatable bonds is 5. The highest BCUT2D eigenvalue weighted by atomic mass is 19.1. The Bertz CT molecular complexity index is 427.